The summed E-state index contributed by atoms with van der Waals surface area (Å²) < 4.78 is 11.8. The molecule has 5 aromatic rings. The minimum atomic E-state index is -0.576. The third-order valence-electron chi connectivity index (χ3n) is 5.46. The molecule has 0 saturated carbocycles. The number of aromatic nitrogens is 5. The average molecular weight is 544 g/mol. The third-order valence-corrected chi connectivity index (χ3v) is 5.72. The minimum Gasteiger partial charge on any atom is -0.489 e. The molecule has 0 aliphatic carbocycles. The van der Waals surface area contributed by atoms with E-state index in [1.165, 1.54) is 10.9 Å². The van der Waals surface area contributed by atoms with E-state index in [1.807, 2.05) is 72.8 Å². The maximum absolute atomic E-state index is 13.0. The lowest BCUT2D eigenvalue weighted by Crippen LogP contribution is -2.21. The summed E-state index contributed by atoms with van der Waals surface area (Å²) >= 11 is 5.93. The van der Waals surface area contributed by atoms with E-state index < -0.39 is 5.91 Å². The van der Waals surface area contributed by atoms with Crippen LogP contribution in [-0.4, -0.2) is 37.4 Å². The van der Waals surface area contributed by atoms with Crippen LogP contribution < -0.4 is 21.2 Å². The number of carbonyl (C=O) groups is 1. The molecule has 12 nitrogen and oxygen atoms in total. The minimum absolute atomic E-state index is 0.00371. The van der Waals surface area contributed by atoms with Gasteiger partial charge in [0.2, 0.25) is 11.6 Å². The lowest BCUT2D eigenvalue weighted by atomic mass is 10.2. The topological polar surface area (TPSA) is 158 Å². The van der Waals surface area contributed by atoms with E-state index in [0.29, 0.717) is 23.1 Å². The van der Waals surface area contributed by atoms with Gasteiger partial charge in [0, 0.05) is 10.7 Å². The summed E-state index contributed by atoms with van der Waals surface area (Å²) in [4.78, 5) is 13.0. The molecule has 0 aliphatic rings. The van der Waals surface area contributed by atoms with Crippen molar-refractivity contribution in [3.8, 4) is 11.6 Å². The third kappa shape index (κ3) is 6.37. The molecule has 2 heterocycles. The number of carbonyl (C=O) groups excluding carboxylic acids is 1. The molecule has 0 atom stereocenters. The summed E-state index contributed by atoms with van der Waals surface area (Å²) in [6.07, 6.45) is 1.50. The molecular formula is C26H22ClN9O3. The zero-order valence-electron chi connectivity index (χ0n) is 20.4. The number of rotatable bonds is 10. The number of nitrogens with one attached hydrogen (secondary N) is 2. The lowest BCUT2D eigenvalue weighted by molar-refractivity contribution is 0.0949. The number of hydrogen-bond donors (Lipinski definition) is 3. The number of hydrazone groups is 1. The molecule has 0 aliphatic heterocycles. The van der Waals surface area contributed by atoms with Crippen LogP contribution in [-0.2, 0) is 13.2 Å². The number of ether oxygens (including phenoxy) is 1. The highest BCUT2D eigenvalue weighted by atomic mass is 35.5. The molecule has 0 unspecified atom stereocenters. The summed E-state index contributed by atoms with van der Waals surface area (Å²) in [6, 6.07) is 24.2. The number of nitrogen functional groups attached to an aromatic ring is 1. The number of amides is 1. The Morgan fingerprint density at radius 1 is 1.08 bits per heavy atom. The van der Waals surface area contributed by atoms with Gasteiger partial charge in [-0.1, -0.05) is 59.3 Å². The van der Waals surface area contributed by atoms with Crippen molar-refractivity contribution in [2.24, 2.45) is 5.10 Å². The number of hydrogen-bond acceptors (Lipinski definition) is 10. The van der Waals surface area contributed by atoms with Crippen LogP contribution in [0.1, 0.15) is 27.3 Å². The van der Waals surface area contributed by atoms with E-state index in [1.54, 1.807) is 6.07 Å². The van der Waals surface area contributed by atoms with Crippen LogP contribution in [0, 0.1) is 0 Å². The highest BCUT2D eigenvalue weighted by Gasteiger charge is 2.23. The molecule has 2 aromatic heterocycles. The number of benzene rings is 3. The van der Waals surface area contributed by atoms with E-state index in [4.69, 9.17) is 22.1 Å². The van der Waals surface area contributed by atoms with Crippen LogP contribution in [0.2, 0.25) is 5.02 Å². The van der Waals surface area contributed by atoms with E-state index in [-0.39, 0.29) is 23.9 Å². The maximum atomic E-state index is 13.0. The monoisotopic (exact) mass is 543 g/mol. The van der Waals surface area contributed by atoms with Crippen LogP contribution in [0.4, 0.5) is 11.5 Å². The Bertz CT molecular complexity index is 1580. The zero-order chi connectivity index (χ0) is 27.0. The van der Waals surface area contributed by atoms with Crippen molar-refractivity contribution in [2.45, 2.75) is 13.2 Å². The normalized spacial score (nSPS) is 11.0. The second kappa shape index (κ2) is 11.9. The van der Waals surface area contributed by atoms with Gasteiger partial charge in [0.25, 0.3) is 5.91 Å². The fourth-order valence-electron chi connectivity index (χ4n) is 3.54. The highest BCUT2D eigenvalue weighted by molar-refractivity contribution is 6.30. The number of nitrogens with zero attached hydrogens (tertiary/aromatic N) is 6. The fourth-order valence-corrected chi connectivity index (χ4v) is 3.66. The first-order valence-electron chi connectivity index (χ1n) is 11.7. The largest absolute Gasteiger partial charge is 0.489 e. The molecule has 0 radical (unpaired) electrons. The van der Waals surface area contributed by atoms with Crippen molar-refractivity contribution in [3.63, 3.8) is 0 Å². The molecule has 196 valence electrons. The zero-order valence-corrected chi connectivity index (χ0v) is 21.1. The molecule has 0 fully saturated rings. The van der Waals surface area contributed by atoms with Crippen LogP contribution >= 0.6 is 11.6 Å². The molecule has 5 rings (SSSR count). The van der Waals surface area contributed by atoms with Gasteiger partial charge in [-0.3, -0.25) is 4.79 Å². The molecule has 3 aromatic carbocycles. The Balaban J connectivity index is 1.27. The molecule has 0 bridgehead atoms. The van der Waals surface area contributed by atoms with Gasteiger partial charge in [0.1, 0.15) is 12.4 Å². The second-order valence-electron chi connectivity index (χ2n) is 8.18. The lowest BCUT2D eigenvalue weighted by Gasteiger charge is -2.08. The summed E-state index contributed by atoms with van der Waals surface area (Å²) in [6.45, 7) is 0.568. The van der Waals surface area contributed by atoms with E-state index in [2.05, 4.69) is 41.1 Å². The SMILES string of the molecule is Nc1nonc1-n1nnc(C(=O)NN=Cc2cccc(OCc3ccc(Cl)cc3)c2)c1CNc1ccccc1. The summed E-state index contributed by atoms with van der Waals surface area (Å²) in [7, 11) is 0. The quantitative estimate of drug-likeness (QED) is 0.176. The van der Waals surface area contributed by atoms with Crippen molar-refractivity contribution in [3.05, 3.63) is 106 Å². The Morgan fingerprint density at radius 2 is 1.90 bits per heavy atom. The van der Waals surface area contributed by atoms with Crippen molar-refractivity contribution in [1.82, 2.24) is 30.7 Å². The molecular weight excluding hydrogens is 522 g/mol. The smallest absolute Gasteiger partial charge is 0.293 e. The van der Waals surface area contributed by atoms with Gasteiger partial charge in [0.15, 0.2) is 5.69 Å². The van der Waals surface area contributed by atoms with Crippen LogP contribution in [0.25, 0.3) is 5.82 Å². The predicted octanol–water partition coefficient (Wildman–Crippen LogP) is 3.84. The van der Waals surface area contributed by atoms with Crippen molar-refractivity contribution >= 4 is 35.2 Å². The molecule has 13 heteroatoms. The van der Waals surface area contributed by atoms with E-state index >= 15 is 0 Å². The number of nitrogens with two attached hydrogens (primary N) is 1. The Kier molecular flexibility index (Phi) is 7.74. The fraction of sp³-hybridized carbons (Fsp3) is 0.0769. The molecule has 4 N–H and O–H groups in total. The predicted molar refractivity (Wildman–Crippen MR) is 145 cm³/mol. The van der Waals surface area contributed by atoms with Crippen molar-refractivity contribution in [2.75, 3.05) is 11.1 Å². The molecule has 39 heavy (non-hydrogen) atoms. The molecule has 1 amide bonds. The summed E-state index contributed by atoms with van der Waals surface area (Å²) in [5.74, 6) is 0.193. The highest BCUT2D eigenvalue weighted by Crippen LogP contribution is 2.18. The maximum Gasteiger partial charge on any atom is 0.293 e. The van der Waals surface area contributed by atoms with Crippen LogP contribution in [0.5, 0.6) is 5.75 Å². The average Bonchev–Trinajstić information content (AvgIpc) is 3.58. The van der Waals surface area contributed by atoms with Gasteiger partial charge in [-0.05, 0) is 57.8 Å². The Morgan fingerprint density at radius 3 is 2.67 bits per heavy atom. The van der Waals surface area contributed by atoms with Crippen molar-refractivity contribution < 1.29 is 14.2 Å². The van der Waals surface area contributed by atoms with E-state index in [0.717, 1.165) is 16.8 Å². The van der Waals surface area contributed by atoms with Gasteiger partial charge in [-0.15, -0.1) is 5.10 Å². The van der Waals surface area contributed by atoms with Gasteiger partial charge >= 0.3 is 0 Å². The standard InChI is InChI=1S/C26H22ClN9O3/c27-19-11-9-17(10-12-19)16-38-21-8-4-5-18(13-21)14-30-32-26(37)23-22(15-29-20-6-2-1-3-7-20)36(35-31-23)25-24(28)33-39-34-25/h1-14,29H,15-16H2,(H2,28,33)(H,32,37). The number of halogens is 1. The number of para-hydroxylation sites is 1. The molecule has 0 spiro atoms. The van der Waals surface area contributed by atoms with Crippen LogP contribution in [0.15, 0.2) is 88.6 Å². The first-order chi connectivity index (χ1) is 19.1. The van der Waals surface area contributed by atoms with Gasteiger partial charge in [-0.25, -0.2) is 10.1 Å². The second-order valence-corrected chi connectivity index (χ2v) is 8.61. The number of anilines is 2. The van der Waals surface area contributed by atoms with Gasteiger partial charge in [0.05, 0.1) is 18.5 Å². The summed E-state index contributed by atoms with van der Waals surface area (Å²) in [5.41, 5.74) is 11.3. The molecule has 0 saturated heterocycles. The van der Waals surface area contributed by atoms with Gasteiger partial charge in [-0.2, -0.15) is 9.78 Å². The first kappa shape index (κ1) is 25.4. The van der Waals surface area contributed by atoms with Crippen molar-refractivity contribution in [1.29, 1.82) is 0 Å². The Hall–Kier alpha value is -5.23. The van der Waals surface area contributed by atoms with Gasteiger partial charge < -0.3 is 15.8 Å². The summed E-state index contributed by atoms with van der Waals surface area (Å²) in [5, 5.41) is 23.3. The first-order valence-corrected chi connectivity index (χ1v) is 12.1. The van der Waals surface area contributed by atoms with E-state index in [9.17, 15) is 4.79 Å². The van der Waals surface area contributed by atoms with Crippen LogP contribution in [0.3, 0.4) is 0 Å². The Labute approximate surface area is 227 Å².